The van der Waals surface area contributed by atoms with Gasteiger partial charge in [0.1, 0.15) is 73.2 Å². The smallest absolute Gasteiger partial charge is 0.220 e. The monoisotopic (exact) mass is 1340 g/mol. The molecule has 94 heavy (non-hydrogen) atoms. The molecule has 1 amide bonds. The van der Waals surface area contributed by atoms with Crippen LogP contribution in [0.15, 0.2) is 36.5 Å². The molecule has 0 saturated carbocycles. The van der Waals surface area contributed by atoms with Crippen molar-refractivity contribution in [2.24, 2.45) is 0 Å². The first-order valence-electron chi connectivity index (χ1n) is 38.2. The van der Waals surface area contributed by atoms with Crippen LogP contribution < -0.4 is 5.32 Å². The summed E-state index contributed by atoms with van der Waals surface area (Å²) < 4.78 is 34.4. The van der Waals surface area contributed by atoms with Crippen LogP contribution in [0.4, 0.5) is 0 Å². The lowest BCUT2D eigenvalue weighted by Gasteiger charge is -2.48. The summed E-state index contributed by atoms with van der Waals surface area (Å²) in [4.78, 5) is 13.5. The Bertz CT molecular complexity index is 1840. The fraction of sp³-hybridized carbons (Fsp3) is 0.907. The summed E-state index contributed by atoms with van der Waals surface area (Å²) in [6.07, 6.45) is 41.2. The van der Waals surface area contributed by atoms with E-state index >= 15 is 0 Å². The maximum atomic E-state index is 13.5. The molecule has 0 bridgehead atoms. The molecule has 3 aliphatic rings. The van der Waals surface area contributed by atoms with Gasteiger partial charge in [0.25, 0.3) is 0 Å². The minimum Gasteiger partial charge on any atom is -0.394 e. The molecule has 3 fully saturated rings. The Morgan fingerprint density at radius 2 is 0.702 bits per heavy atom. The lowest BCUT2D eigenvalue weighted by molar-refractivity contribution is -0.379. The highest BCUT2D eigenvalue weighted by Crippen LogP contribution is 2.33. The van der Waals surface area contributed by atoms with Gasteiger partial charge >= 0.3 is 0 Å². The maximum Gasteiger partial charge on any atom is 0.220 e. The molecule has 19 heteroatoms. The zero-order valence-corrected chi connectivity index (χ0v) is 58.7. The Kier molecular flexibility index (Phi) is 52.0. The van der Waals surface area contributed by atoms with Gasteiger partial charge in [-0.15, -0.1) is 0 Å². The molecule has 0 radical (unpaired) electrons. The zero-order chi connectivity index (χ0) is 68.2. The van der Waals surface area contributed by atoms with E-state index in [1.807, 2.05) is 6.08 Å². The Hall–Kier alpha value is -1.99. The van der Waals surface area contributed by atoms with Crippen molar-refractivity contribution < 1.29 is 89.4 Å². The van der Waals surface area contributed by atoms with Crippen molar-refractivity contribution in [1.29, 1.82) is 0 Å². The van der Waals surface area contributed by atoms with Gasteiger partial charge in [-0.1, -0.05) is 281 Å². The summed E-state index contributed by atoms with van der Waals surface area (Å²) in [6.45, 7) is 1.77. The molecule has 552 valence electrons. The van der Waals surface area contributed by atoms with Gasteiger partial charge < -0.3 is 89.9 Å². The second-order valence-electron chi connectivity index (χ2n) is 27.5. The summed E-state index contributed by atoms with van der Waals surface area (Å²) in [5.41, 5.74) is 0. The molecule has 3 rings (SSSR count). The lowest BCUT2D eigenvalue weighted by atomic mass is 9.96. The number of allylic oxidation sites excluding steroid dienone is 5. The first kappa shape index (κ1) is 86.2. The molecule has 0 aromatic carbocycles. The van der Waals surface area contributed by atoms with Crippen molar-refractivity contribution >= 4 is 5.91 Å². The highest BCUT2D eigenvalue weighted by Gasteiger charge is 2.53. The molecule has 0 spiro atoms. The molecule has 19 nitrogen and oxygen atoms in total. The van der Waals surface area contributed by atoms with Crippen LogP contribution in [0.3, 0.4) is 0 Å². The second kappa shape index (κ2) is 56.7. The third-order valence-electron chi connectivity index (χ3n) is 19.2. The first-order valence-corrected chi connectivity index (χ1v) is 38.2. The van der Waals surface area contributed by atoms with Crippen LogP contribution in [0.25, 0.3) is 0 Å². The highest BCUT2D eigenvalue weighted by molar-refractivity contribution is 5.76. The Labute approximate surface area is 568 Å². The summed E-state index contributed by atoms with van der Waals surface area (Å²) >= 11 is 0. The third kappa shape index (κ3) is 37.4. The molecule has 0 aromatic rings. The van der Waals surface area contributed by atoms with E-state index in [4.69, 9.17) is 28.4 Å². The van der Waals surface area contributed by atoms with Crippen molar-refractivity contribution in [2.75, 3.05) is 26.4 Å². The van der Waals surface area contributed by atoms with Crippen molar-refractivity contribution in [1.82, 2.24) is 5.32 Å². The van der Waals surface area contributed by atoms with Gasteiger partial charge in [0, 0.05) is 6.42 Å². The predicted molar refractivity (Wildman–Crippen MR) is 369 cm³/mol. The van der Waals surface area contributed by atoms with Crippen LogP contribution >= 0.6 is 0 Å². The zero-order valence-electron chi connectivity index (χ0n) is 58.7. The van der Waals surface area contributed by atoms with Crippen molar-refractivity contribution in [3.8, 4) is 0 Å². The predicted octanol–water partition coefficient (Wildman–Crippen LogP) is 11.6. The van der Waals surface area contributed by atoms with E-state index in [0.29, 0.717) is 6.42 Å². The van der Waals surface area contributed by atoms with Gasteiger partial charge in [0.05, 0.1) is 38.6 Å². The topological polar surface area (TPSA) is 307 Å². The van der Waals surface area contributed by atoms with Gasteiger partial charge in [-0.3, -0.25) is 4.79 Å². The molecule has 17 atom stereocenters. The van der Waals surface area contributed by atoms with E-state index in [1.54, 1.807) is 6.08 Å². The molecule has 3 aliphatic heterocycles. The Morgan fingerprint density at radius 1 is 0.383 bits per heavy atom. The normalized spacial score (nSPS) is 27.5. The summed E-state index contributed by atoms with van der Waals surface area (Å²) in [5.74, 6) is -0.271. The molecular formula is C75H139NO18. The summed E-state index contributed by atoms with van der Waals surface area (Å²) in [7, 11) is 0. The van der Waals surface area contributed by atoms with Crippen LogP contribution in [0.5, 0.6) is 0 Å². The molecule has 0 aromatic heterocycles. The standard InChI is InChI=1S/C75H139NO18/c1-3-5-7-9-11-13-15-17-19-21-23-25-27-28-29-30-31-33-35-37-39-41-43-45-47-49-51-53-63(81)76-58(59(80)52-50-48-46-44-42-40-38-36-34-32-26-24-22-20-18-16-14-12-10-8-6-4-2)57-89-73-69(87)66(84)71(61(55-78)91-73)94-75-70(88)67(85)72(62(56-79)92-75)93-74-68(86)65(83)64(82)60(54-77)90-74/h15,17,21,23,50,52,58-62,64-75,77-80,82-88H,3-14,16,18-20,22,24-49,51,53-57H2,1-2H3,(H,76,81)/b17-15-,23-21-,52-50+. The Balaban J connectivity index is 1.40. The second-order valence-corrected chi connectivity index (χ2v) is 27.5. The minimum absolute atomic E-state index is 0.245. The first-order chi connectivity index (χ1) is 45.8. The molecule has 3 heterocycles. The largest absolute Gasteiger partial charge is 0.394 e. The lowest BCUT2D eigenvalue weighted by Crippen LogP contribution is -2.66. The molecular weight excluding hydrogens is 1200 g/mol. The number of nitrogens with one attached hydrogen (secondary N) is 1. The number of amides is 1. The van der Waals surface area contributed by atoms with Crippen LogP contribution in [-0.4, -0.2) is 193 Å². The highest BCUT2D eigenvalue weighted by atomic mass is 16.8. The maximum absolute atomic E-state index is 13.5. The van der Waals surface area contributed by atoms with E-state index in [0.717, 1.165) is 51.4 Å². The van der Waals surface area contributed by atoms with Crippen molar-refractivity contribution in [3.63, 3.8) is 0 Å². The van der Waals surface area contributed by atoms with Crippen LogP contribution in [0.2, 0.25) is 0 Å². The number of aliphatic hydroxyl groups excluding tert-OH is 11. The summed E-state index contributed by atoms with van der Waals surface area (Å²) in [6, 6.07) is -0.973. The fourth-order valence-corrected chi connectivity index (χ4v) is 13.0. The number of carbonyl (C=O) groups is 1. The molecule has 12 N–H and O–H groups in total. The number of hydrogen-bond acceptors (Lipinski definition) is 18. The number of rotatable bonds is 60. The molecule has 17 unspecified atom stereocenters. The van der Waals surface area contributed by atoms with E-state index < -0.39 is 124 Å². The average molecular weight is 1340 g/mol. The van der Waals surface area contributed by atoms with E-state index in [2.05, 4.69) is 43.5 Å². The van der Waals surface area contributed by atoms with Gasteiger partial charge in [-0.2, -0.15) is 0 Å². The van der Waals surface area contributed by atoms with E-state index in [-0.39, 0.29) is 18.9 Å². The number of carbonyl (C=O) groups excluding carboxylic acids is 1. The Morgan fingerprint density at radius 3 is 1.09 bits per heavy atom. The van der Waals surface area contributed by atoms with Crippen molar-refractivity contribution in [2.45, 2.75) is 407 Å². The van der Waals surface area contributed by atoms with E-state index in [9.17, 15) is 61.0 Å². The van der Waals surface area contributed by atoms with E-state index in [1.165, 1.54) is 225 Å². The summed E-state index contributed by atoms with van der Waals surface area (Å²) in [5, 5.41) is 121. The average Bonchev–Trinajstić information content (AvgIpc) is 0.787. The molecule has 3 saturated heterocycles. The minimum atomic E-state index is -1.98. The van der Waals surface area contributed by atoms with Gasteiger partial charge in [-0.05, 0) is 51.4 Å². The van der Waals surface area contributed by atoms with Gasteiger partial charge in [0.2, 0.25) is 5.91 Å². The van der Waals surface area contributed by atoms with Crippen molar-refractivity contribution in [3.05, 3.63) is 36.5 Å². The quantitative estimate of drug-likeness (QED) is 0.0199. The number of ether oxygens (including phenoxy) is 6. The van der Waals surface area contributed by atoms with Crippen LogP contribution in [0.1, 0.15) is 303 Å². The number of hydrogen-bond donors (Lipinski definition) is 12. The SMILES string of the molecule is CCCCCCC/C=C\C/C=C\CCCCCCCCCCCCCCCCCC(=O)NC(COC1OC(CO)C(OC2OC(CO)C(OC3OC(CO)C(O)C(O)C3O)C(O)C2O)C(O)C1O)C(O)/C=C/CCCCCCCCCCCCCCCCCCCCCC. The van der Waals surface area contributed by atoms with Gasteiger partial charge in [0.15, 0.2) is 18.9 Å². The molecule has 0 aliphatic carbocycles. The van der Waals surface area contributed by atoms with Crippen LogP contribution in [-0.2, 0) is 33.2 Å². The number of unbranched alkanes of at least 4 members (excludes halogenated alkanes) is 40. The van der Waals surface area contributed by atoms with Crippen LogP contribution in [0, 0.1) is 0 Å². The third-order valence-corrected chi connectivity index (χ3v) is 19.2. The fourth-order valence-electron chi connectivity index (χ4n) is 13.0. The number of aliphatic hydroxyl groups is 11. The van der Waals surface area contributed by atoms with Gasteiger partial charge in [-0.25, -0.2) is 0 Å².